The van der Waals surface area contributed by atoms with Gasteiger partial charge in [-0.3, -0.25) is 14.5 Å². The topological polar surface area (TPSA) is 83.8 Å². The lowest BCUT2D eigenvalue weighted by molar-refractivity contribution is 0.211. The summed E-state index contributed by atoms with van der Waals surface area (Å²) < 4.78 is 2.14. The number of hydrogen-bond donors (Lipinski definition) is 2. The molecule has 1 aliphatic rings. The van der Waals surface area contributed by atoms with E-state index in [9.17, 15) is 0 Å². The zero-order valence-electron chi connectivity index (χ0n) is 19.9. The van der Waals surface area contributed by atoms with Gasteiger partial charge in [-0.25, -0.2) is 15.0 Å². The Morgan fingerprint density at radius 3 is 2.53 bits per heavy atom. The van der Waals surface area contributed by atoms with Crippen LogP contribution < -0.4 is 10.6 Å². The molecule has 4 aromatic rings. The van der Waals surface area contributed by atoms with Gasteiger partial charge in [0.05, 0.1) is 0 Å². The summed E-state index contributed by atoms with van der Waals surface area (Å²) >= 11 is 0. The van der Waals surface area contributed by atoms with Crippen molar-refractivity contribution in [3.05, 3.63) is 72.3 Å². The number of piperidine rings is 1. The number of hydrogen-bond acceptors (Lipinski definition) is 7. The second kappa shape index (κ2) is 10.2. The summed E-state index contributed by atoms with van der Waals surface area (Å²) in [5.41, 5.74) is 4.15. The first-order valence-corrected chi connectivity index (χ1v) is 12.1. The Balaban J connectivity index is 1.29. The van der Waals surface area contributed by atoms with Crippen LogP contribution in [-0.4, -0.2) is 48.5 Å². The van der Waals surface area contributed by atoms with E-state index in [1.165, 1.54) is 5.56 Å². The monoisotopic (exact) mass is 456 g/mol. The third kappa shape index (κ3) is 5.02. The Morgan fingerprint density at radius 1 is 1.00 bits per heavy atom. The fraction of sp³-hybridized carbons (Fsp3) is 0.385. The zero-order valence-corrected chi connectivity index (χ0v) is 19.9. The minimum Gasteiger partial charge on any atom is -0.365 e. The van der Waals surface area contributed by atoms with Crippen molar-refractivity contribution in [1.29, 1.82) is 0 Å². The Hall–Kier alpha value is -3.52. The van der Waals surface area contributed by atoms with Gasteiger partial charge in [0.25, 0.3) is 0 Å². The minimum absolute atomic E-state index is 0.213. The first-order valence-electron chi connectivity index (χ1n) is 12.1. The fourth-order valence-electron chi connectivity index (χ4n) is 4.58. The number of likely N-dealkylation sites (tertiary alicyclic amines) is 1. The van der Waals surface area contributed by atoms with Crippen molar-refractivity contribution in [2.24, 2.45) is 0 Å². The van der Waals surface area contributed by atoms with Gasteiger partial charge in [0.1, 0.15) is 6.33 Å². The van der Waals surface area contributed by atoms with Crippen molar-refractivity contribution in [3.63, 3.8) is 0 Å². The lowest BCUT2D eigenvalue weighted by Gasteiger charge is -2.32. The highest BCUT2D eigenvalue weighted by Gasteiger charge is 2.23. The van der Waals surface area contributed by atoms with Crippen molar-refractivity contribution in [1.82, 2.24) is 29.4 Å². The molecule has 34 heavy (non-hydrogen) atoms. The molecule has 5 rings (SSSR count). The molecule has 8 heteroatoms. The highest BCUT2D eigenvalue weighted by molar-refractivity contribution is 5.85. The van der Waals surface area contributed by atoms with Gasteiger partial charge in [0.15, 0.2) is 17.0 Å². The SMILES string of the molecule is CC(C)n1c(NCc2cccnc2)nc2c(NC3CCN(Cc4ccccc4)CC3)ncnc21. The molecule has 1 fully saturated rings. The van der Waals surface area contributed by atoms with E-state index in [1.807, 2.05) is 12.3 Å². The summed E-state index contributed by atoms with van der Waals surface area (Å²) in [6.07, 6.45) is 7.45. The molecule has 1 aliphatic heterocycles. The number of benzene rings is 1. The first-order chi connectivity index (χ1) is 16.7. The number of nitrogens with zero attached hydrogens (tertiary/aromatic N) is 6. The molecule has 0 spiro atoms. The first kappa shape index (κ1) is 22.3. The number of imidazole rings is 1. The van der Waals surface area contributed by atoms with E-state index < -0.39 is 0 Å². The van der Waals surface area contributed by atoms with E-state index in [1.54, 1.807) is 12.5 Å². The molecule has 0 radical (unpaired) electrons. The smallest absolute Gasteiger partial charge is 0.205 e. The summed E-state index contributed by atoms with van der Waals surface area (Å²) in [7, 11) is 0. The van der Waals surface area contributed by atoms with Crippen LogP contribution in [0.2, 0.25) is 0 Å². The molecule has 2 N–H and O–H groups in total. The fourth-order valence-corrected chi connectivity index (χ4v) is 4.58. The second-order valence-corrected chi connectivity index (χ2v) is 9.19. The van der Waals surface area contributed by atoms with Gasteiger partial charge in [-0.1, -0.05) is 36.4 Å². The van der Waals surface area contributed by atoms with Gasteiger partial charge >= 0.3 is 0 Å². The van der Waals surface area contributed by atoms with Crippen molar-refractivity contribution in [2.75, 3.05) is 23.7 Å². The largest absolute Gasteiger partial charge is 0.365 e. The molecule has 1 saturated heterocycles. The number of aromatic nitrogens is 5. The molecule has 0 unspecified atom stereocenters. The van der Waals surface area contributed by atoms with Crippen LogP contribution in [0, 0.1) is 0 Å². The van der Waals surface area contributed by atoms with Gasteiger partial charge in [0, 0.05) is 50.7 Å². The van der Waals surface area contributed by atoms with Gasteiger partial charge in [-0.05, 0) is 43.9 Å². The molecule has 0 atom stereocenters. The third-order valence-electron chi connectivity index (χ3n) is 6.34. The molecule has 1 aromatic carbocycles. The average molecular weight is 457 g/mol. The Bertz CT molecular complexity index is 1200. The Labute approximate surface area is 200 Å². The lowest BCUT2D eigenvalue weighted by atomic mass is 10.0. The molecule has 4 heterocycles. The van der Waals surface area contributed by atoms with Crippen molar-refractivity contribution in [3.8, 4) is 0 Å². The summed E-state index contributed by atoms with van der Waals surface area (Å²) in [6, 6.07) is 15.3. The maximum absolute atomic E-state index is 4.92. The molecule has 3 aromatic heterocycles. The van der Waals surface area contributed by atoms with Crippen molar-refractivity contribution in [2.45, 2.75) is 51.9 Å². The van der Waals surface area contributed by atoms with Gasteiger partial charge in [-0.2, -0.15) is 0 Å². The van der Waals surface area contributed by atoms with Gasteiger partial charge in [-0.15, -0.1) is 0 Å². The standard InChI is InChI=1S/C26H32N8/c1-19(2)34-25-23(32-26(34)28-16-21-9-6-12-27-15-21)24(29-18-30-25)31-22-10-13-33(14-11-22)17-20-7-4-3-5-8-20/h3-9,12,15,18-19,22H,10-11,13-14,16-17H2,1-2H3,(H,28,32)(H,29,30,31). The summed E-state index contributed by atoms with van der Waals surface area (Å²) in [5.74, 6) is 1.62. The van der Waals surface area contributed by atoms with Crippen molar-refractivity contribution >= 4 is 22.9 Å². The van der Waals surface area contributed by atoms with E-state index in [0.717, 1.165) is 61.0 Å². The normalized spacial score (nSPS) is 15.1. The van der Waals surface area contributed by atoms with Crippen LogP contribution in [0.4, 0.5) is 11.8 Å². The van der Waals surface area contributed by atoms with Crippen LogP contribution in [0.25, 0.3) is 11.2 Å². The van der Waals surface area contributed by atoms with Crippen LogP contribution >= 0.6 is 0 Å². The number of rotatable bonds is 8. The molecule has 8 nitrogen and oxygen atoms in total. The Kier molecular flexibility index (Phi) is 6.67. The van der Waals surface area contributed by atoms with E-state index >= 15 is 0 Å². The van der Waals surface area contributed by atoms with Crippen LogP contribution in [-0.2, 0) is 13.1 Å². The van der Waals surface area contributed by atoms with E-state index in [-0.39, 0.29) is 6.04 Å². The maximum Gasteiger partial charge on any atom is 0.205 e. The number of fused-ring (bicyclic) bond motifs is 1. The average Bonchev–Trinajstić information content (AvgIpc) is 3.25. The number of anilines is 2. The van der Waals surface area contributed by atoms with Crippen LogP contribution in [0.5, 0.6) is 0 Å². The highest BCUT2D eigenvalue weighted by Crippen LogP contribution is 2.28. The summed E-state index contributed by atoms with van der Waals surface area (Å²) in [6.45, 7) is 8.09. The molecule has 0 bridgehead atoms. The molecule has 0 amide bonds. The van der Waals surface area contributed by atoms with E-state index in [0.29, 0.717) is 12.6 Å². The molecular weight excluding hydrogens is 424 g/mol. The van der Waals surface area contributed by atoms with E-state index in [2.05, 4.69) is 85.3 Å². The lowest BCUT2D eigenvalue weighted by Crippen LogP contribution is -2.38. The second-order valence-electron chi connectivity index (χ2n) is 9.19. The molecule has 0 aliphatic carbocycles. The minimum atomic E-state index is 0.213. The quantitative estimate of drug-likeness (QED) is 0.404. The predicted molar refractivity (Wildman–Crippen MR) is 136 cm³/mol. The van der Waals surface area contributed by atoms with Crippen LogP contribution in [0.15, 0.2) is 61.2 Å². The predicted octanol–water partition coefficient (Wildman–Crippen LogP) is 4.49. The Morgan fingerprint density at radius 2 is 1.79 bits per heavy atom. The zero-order chi connectivity index (χ0) is 23.3. The van der Waals surface area contributed by atoms with Crippen molar-refractivity contribution < 1.29 is 0 Å². The van der Waals surface area contributed by atoms with Gasteiger partial charge < -0.3 is 10.6 Å². The summed E-state index contributed by atoms with van der Waals surface area (Å²) in [4.78, 5) is 20.8. The molecular formula is C26H32N8. The maximum atomic E-state index is 4.92. The summed E-state index contributed by atoms with van der Waals surface area (Å²) in [5, 5.41) is 7.14. The number of pyridine rings is 1. The third-order valence-corrected chi connectivity index (χ3v) is 6.34. The van der Waals surface area contributed by atoms with Crippen LogP contribution in [0.3, 0.4) is 0 Å². The van der Waals surface area contributed by atoms with Gasteiger partial charge in [0.2, 0.25) is 5.95 Å². The number of nitrogens with one attached hydrogen (secondary N) is 2. The molecule has 0 saturated carbocycles. The van der Waals surface area contributed by atoms with Crippen LogP contribution in [0.1, 0.15) is 43.9 Å². The molecule has 176 valence electrons. The van der Waals surface area contributed by atoms with E-state index in [4.69, 9.17) is 4.98 Å². The highest BCUT2D eigenvalue weighted by atomic mass is 15.3.